The maximum atomic E-state index is 13.7. The Morgan fingerprint density at radius 1 is 1.50 bits per heavy atom. The quantitative estimate of drug-likeness (QED) is 0.925. The fourth-order valence-electron chi connectivity index (χ4n) is 1.79. The van der Waals surface area contributed by atoms with Crippen LogP contribution >= 0.6 is 15.9 Å². The van der Waals surface area contributed by atoms with Crippen molar-refractivity contribution in [3.8, 4) is 0 Å². The third kappa shape index (κ3) is 2.90. The molecule has 1 atom stereocenters. The molecule has 0 saturated carbocycles. The highest BCUT2D eigenvalue weighted by atomic mass is 79.9. The summed E-state index contributed by atoms with van der Waals surface area (Å²) in [4.78, 5) is 0. The SMILES string of the molecule is CCn1cc(NC(C)c2cc(Br)ccc2F)cn1. The van der Waals surface area contributed by atoms with Crippen molar-refractivity contribution >= 4 is 21.6 Å². The van der Waals surface area contributed by atoms with Crippen molar-refractivity contribution in [2.24, 2.45) is 0 Å². The Kier molecular flexibility index (Phi) is 4.01. The van der Waals surface area contributed by atoms with Gasteiger partial charge in [0.1, 0.15) is 5.82 Å². The molecular formula is C13H15BrFN3. The van der Waals surface area contributed by atoms with E-state index in [1.54, 1.807) is 18.3 Å². The van der Waals surface area contributed by atoms with Gasteiger partial charge in [-0.05, 0) is 32.0 Å². The van der Waals surface area contributed by atoms with E-state index in [1.807, 2.05) is 24.7 Å². The Labute approximate surface area is 114 Å². The Hall–Kier alpha value is -1.36. The lowest BCUT2D eigenvalue weighted by molar-refractivity contribution is 0.600. The van der Waals surface area contributed by atoms with Crippen LogP contribution in [0, 0.1) is 5.82 Å². The lowest BCUT2D eigenvalue weighted by atomic mass is 10.1. The highest BCUT2D eigenvalue weighted by Crippen LogP contribution is 2.24. The van der Waals surface area contributed by atoms with Gasteiger partial charge in [-0.1, -0.05) is 15.9 Å². The molecule has 0 aliphatic rings. The second-order valence-electron chi connectivity index (χ2n) is 4.12. The number of aryl methyl sites for hydroxylation is 1. The molecule has 2 aromatic rings. The summed E-state index contributed by atoms with van der Waals surface area (Å²) < 4.78 is 16.4. The number of hydrogen-bond acceptors (Lipinski definition) is 2. The minimum Gasteiger partial charge on any atom is -0.376 e. The normalized spacial score (nSPS) is 12.4. The van der Waals surface area contributed by atoms with Gasteiger partial charge in [-0.2, -0.15) is 5.10 Å². The third-order valence-corrected chi connectivity index (χ3v) is 3.26. The molecular weight excluding hydrogens is 297 g/mol. The van der Waals surface area contributed by atoms with E-state index in [4.69, 9.17) is 0 Å². The maximum Gasteiger partial charge on any atom is 0.128 e. The molecule has 0 bridgehead atoms. The van der Waals surface area contributed by atoms with E-state index in [2.05, 4.69) is 26.3 Å². The van der Waals surface area contributed by atoms with Crippen LogP contribution in [0.1, 0.15) is 25.5 Å². The average molecular weight is 312 g/mol. The van der Waals surface area contributed by atoms with Crippen LogP contribution in [0.25, 0.3) is 0 Å². The van der Waals surface area contributed by atoms with Gasteiger partial charge in [-0.25, -0.2) is 4.39 Å². The van der Waals surface area contributed by atoms with Crippen molar-refractivity contribution < 1.29 is 4.39 Å². The summed E-state index contributed by atoms with van der Waals surface area (Å²) in [6.45, 7) is 4.77. The summed E-state index contributed by atoms with van der Waals surface area (Å²) in [5, 5.41) is 7.41. The molecule has 0 radical (unpaired) electrons. The molecule has 1 N–H and O–H groups in total. The van der Waals surface area contributed by atoms with Crippen molar-refractivity contribution in [3.05, 3.63) is 46.4 Å². The fraction of sp³-hybridized carbons (Fsp3) is 0.308. The summed E-state index contributed by atoms with van der Waals surface area (Å²) in [5.41, 5.74) is 1.53. The number of hydrogen-bond donors (Lipinski definition) is 1. The van der Waals surface area contributed by atoms with E-state index in [1.165, 1.54) is 6.07 Å². The number of anilines is 1. The van der Waals surface area contributed by atoms with Crippen LogP contribution in [0.5, 0.6) is 0 Å². The first kappa shape index (κ1) is 13.1. The zero-order chi connectivity index (χ0) is 13.1. The van der Waals surface area contributed by atoms with Gasteiger partial charge >= 0.3 is 0 Å². The van der Waals surface area contributed by atoms with E-state index in [-0.39, 0.29) is 11.9 Å². The van der Waals surface area contributed by atoms with Crippen LogP contribution in [0.3, 0.4) is 0 Å². The van der Waals surface area contributed by atoms with Crippen molar-refractivity contribution in [2.75, 3.05) is 5.32 Å². The molecule has 1 aromatic heterocycles. The van der Waals surface area contributed by atoms with E-state index in [9.17, 15) is 4.39 Å². The fourth-order valence-corrected chi connectivity index (χ4v) is 2.16. The monoisotopic (exact) mass is 311 g/mol. The number of nitrogens with one attached hydrogen (secondary N) is 1. The lowest BCUT2D eigenvalue weighted by Gasteiger charge is -2.15. The molecule has 96 valence electrons. The van der Waals surface area contributed by atoms with Crippen LogP contribution in [-0.4, -0.2) is 9.78 Å². The van der Waals surface area contributed by atoms with Crippen molar-refractivity contribution in [2.45, 2.75) is 26.4 Å². The van der Waals surface area contributed by atoms with Crippen molar-refractivity contribution in [1.29, 1.82) is 0 Å². The second kappa shape index (κ2) is 5.52. The predicted octanol–water partition coefficient (Wildman–Crippen LogP) is 3.98. The highest BCUT2D eigenvalue weighted by Gasteiger charge is 2.12. The number of aromatic nitrogens is 2. The van der Waals surface area contributed by atoms with E-state index in [0.29, 0.717) is 5.56 Å². The summed E-state index contributed by atoms with van der Waals surface area (Å²) in [6.07, 6.45) is 3.66. The molecule has 5 heteroatoms. The van der Waals surface area contributed by atoms with Gasteiger partial charge in [0.15, 0.2) is 0 Å². The smallest absolute Gasteiger partial charge is 0.128 e. The third-order valence-electron chi connectivity index (χ3n) is 2.76. The van der Waals surface area contributed by atoms with Gasteiger partial charge < -0.3 is 5.32 Å². The van der Waals surface area contributed by atoms with Gasteiger partial charge in [0.25, 0.3) is 0 Å². The van der Waals surface area contributed by atoms with Gasteiger partial charge in [-0.3, -0.25) is 4.68 Å². The maximum absolute atomic E-state index is 13.7. The first-order valence-electron chi connectivity index (χ1n) is 5.84. The Balaban J connectivity index is 2.16. The van der Waals surface area contributed by atoms with Gasteiger partial charge in [0, 0.05) is 22.8 Å². The van der Waals surface area contributed by atoms with Gasteiger partial charge in [0.05, 0.1) is 17.9 Å². The van der Waals surface area contributed by atoms with Gasteiger partial charge in [-0.15, -0.1) is 0 Å². The summed E-state index contributed by atoms with van der Waals surface area (Å²) >= 11 is 3.35. The summed E-state index contributed by atoms with van der Waals surface area (Å²) in [7, 11) is 0. The van der Waals surface area contributed by atoms with E-state index in [0.717, 1.165) is 16.7 Å². The second-order valence-corrected chi connectivity index (χ2v) is 5.03. The van der Waals surface area contributed by atoms with E-state index >= 15 is 0 Å². The minimum absolute atomic E-state index is 0.114. The number of nitrogens with zero attached hydrogens (tertiary/aromatic N) is 2. The van der Waals surface area contributed by atoms with Crippen molar-refractivity contribution in [3.63, 3.8) is 0 Å². The Bertz CT molecular complexity index is 539. The standard InChI is InChI=1S/C13H15BrFN3/c1-3-18-8-11(7-16-18)17-9(2)12-6-10(14)4-5-13(12)15/h4-9,17H,3H2,1-2H3. The molecule has 0 aliphatic carbocycles. The Morgan fingerprint density at radius 3 is 2.94 bits per heavy atom. The lowest BCUT2D eigenvalue weighted by Crippen LogP contribution is -2.08. The zero-order valence-corrected chi connectivity index (χ0v) is 11.9. The number of benzene rings is 1. The number of rotatable bonds is 4. The molecule has 18 heavy (non-hydrogen) atoms. The van der Waals surface area contributed by atoms with Crippen LogP contribution in [0.4, 0.5) is 10.1 Å². The molecule has 1 heterocycles. The van der Waals surface area contributed by atoms with E-state index < -0.39 is 0 Å². The summed E-state index contributed by atoms with van der Waals surface area (Å²) in [5.74, 6) is -0.207. The van der Waals surface area contributed by atoms with Crippen LogP contribution in [-0.2, 0) is 6.54 Å². The molecule has 2 rings (SSSR count). The largest absolute Gasteiger partial charge is 0.376 e. The van der Waals surface area contributed by atoms with Crippen molar-refractivity contribution in [1.82, 2.24) is 9.78 Å². The topological polar surface area (TPSA) is 29.9 Å². The molecule has 3 nitrogen and oxygen atoms in total. The first-order chi connectivity index (χ1) is 8.60. The minimum atomic E-state index is -0.207. The predicted molar refractivity (Wildman–Crippen MR) is 74.0 cm³/mol. The van der Waals surface area contributed by atoms with Crippen LogP contribution in [0.2, 0.25) is 0 Å². The Morgan fingerprint density at radius 2 is 2.28 bits per heavy atom. The van der Waals surface area contributed by atoms with Gasteiger partial charge in [0.2, 0.25) is 0 Å². The zero-order valence-electron chi connectivity index (χ0n) is 10.3. The van der Waals surface area contributed by atoms with Crippen LogP contribution in [0.15, 0.2) is 35.1 Å². The average Bonchev–Trinajstić information content (AvgIpc) is 2.80. The first-order valence-corrected chi connectivity index (χ1v) is 6.63. The summed E-state index contributed by atoms with van der Waals surface area (Å²) in [6, 6.07) is 4.84. The molecule has 0 amide bonds. The molecule has 1 aromatic carbocycles. The molecule has 1 unspecified atom stereocenters. The highest BCUT2D eigenvalue weighted by molar-refractivity contribution is 9.10. The molecule has 0 saturated heterocycles. The molecule has 0 fully saturated rings. The number of halogens is 2. The molecule has 0 spiro atoms. The molecule has 0 aliphatic heterocycles. The van der Waals surface area contributed by atoms with Crippen LogP contribution < -0.4 is 5.32 Å².